The number of rotatable bonds is 7. The molecule has 0 spiro atoms. The molecule has 0 radical (unpaired) electrons. The molecule has 6 heteroatoms. The molecule has 1 aromatic carbocycles. The summed E-state index contributed by atoms with van der Waals surface area (Å²) in [5, 5.41) is 16.8. The van der Waals surface area contributed by atoms with Crippen molar-refractivity contribution in [3.8, 4) is 0 Å². The van der Waals surface area contributed by atoms with E-state index in [-0.39, 0.29) is 17.6 Å². The summed E-state index contributed by atoms with van der Waals surface area (Å²) in [5.41, 5.74) is 0.987. The first-order valence-electron chi connectivity index (χ1n) is 8.28. The van der Waals surface area contributed by atoms with Crippen LogP contribution in [0.15, 0.2) is 24.3 Å². The SMILES string of the molecule is CNC(=O)C(Cc1ccc([N+](=O)[O-])cc1)NCC1CCCCC1. The Hall–Kier alpha value is -1.95. The van der Waals surface area contributed by atoms with Crippen LogP contribution in [0.25, 0.3) is 0 Å². The number of non-ortho nitro benzene ring substituents is 1. The fourth-order valence-corrected chi connectivity index (χ4v) is 3.12. The van der Waals surface area contributed by atoms with Crippen LogP contribution in [0.2, 0.25) is 0 Å². The van der Waals surface area contributed by atoms with Gasteiger partial charge < -0.3 is 10.6 Å². The topological polar surface area (TPSA) is 84.3 Å². The van der Waals surface area contributed by atoms with Crippen LogP contribution in [0.5, 0.6) is 0 Å². The van der Waals surface area contributed by atoms with Gasteiger partial charge in [-0.1, -0.05) is 31.4 Å². The molecule has 23 heavy (non-hydrogen) atoms. The molecule has 1 aliphatic carbocycles. The Bertz CT molecular complexity index is 524. The zero-order chi connectivity index (χ0) is 16.7. The first-order chi connectivity index (χ1) is 11.1. The van der Waals surface area contributed by atoms with Crippen LogP contribution >= 0.6 is 0 Å². The van der Waals surface area contributed by atoms with E-state index in [1.165, 1.54) is 44.2 Å². The third kappa shape index (κ3) is 5.32. The van der Waals surface area contributed by atoms with Gasteiger partial charge in [0.15, 0.2) is 0 Å². The summed E-state index contributed by atoms with van der Waals surface area (Å²) in [4.78, 5) is 22.4. The Labute approximate surface area is 136 Å². The number of carbonyl (C=O) groups is 1. The van der Waals surface area contributed by atoms with E-state index in [1.807, 2.05) is 0 Å². The lowest BCUT2D eigenvalue weighted by atomic mass is 9.89. The number of hydrogen-bond donors (Lipinski definition) is 2. The van der Waals surface area contributed by atoms with Crippen molar-refractivity contribution >= 4 is 11.6 Å². The number of benzene rings is 1. The summed E-state index contributed by atoms with van der Waals surface area (Å²) < 4.78 is 0. The van der Waals surface area contributed by atoms with Crippen LogP contribution in [0.4, 0.5) is 5.69 Å². The fraction of sp³-hybridized carbons (Fsp3) is 0.588. The average molecular weight is 319 g/mol. The predicted octanol–water partition coefficient (Wildman–Crippen LogP) is 2.42. The third-order valence-electron chi connectivity index (χ3n) is 4.53. The molecule has 0 saturated heterocycles. The zero-order valence-corrected chi connectivity index (χ0v) is 13.6. The van der Waals surface area contributed by atoms with Crippen LogP contribution in [-0.2, 0) is 11.2 Å². The summed E-state index contributed by atoms with van der Waals surface area (Å²) in [6.45, 7) is 0.852. The van der Waals surface area contributed by atoms with Crippen molar-refractivity contribution in [2.75, 3.05) is 13.6 Å². The van der Waals surface area contributed by atoms with Crippen molar-refractivity contribution in [2.24, 2.45) is 5.92 Å². The van der Waals surface area contributed by atoms with E-state index in [4.69, 9.17) is 0 Å². The normalized spacial score (nSPS) is 16.7. The van der Waals surface area contributed by atoms with Crippen molar-refractivity contribution < 1.29 is 9.72 Å². The maximum Gasteiger partial charge on any atom is 0.269 e. The van der Waals surface area contributed by atoms with Crippen LogP contribution in [-0.4, -0.2) is 30.5 Å². The molecule has 1 aliphatic rings. The van der Waals surface area contributed by atoms with Gasteiger partial charge in [-0.15, -0.1) is 0 Å². The largest absolute Gasteiger partial charge is 0.358 e. The van der Waals surface area contributed by atoms with Crippen molar-refractivity contribution in [3.63, 3.8) is 0 Å². The van der Waals surface area contributed by atoms with Crippen LogP contribution in [0.3, 0.4) is 0 Å². The van der Waals surface area contributed by atoms with Gasteiger partial charge in [0, 0.05) is 19.2 Å². The fourth-order valence-electron chi connectivity index (χ4n) is 3.12. The van der Waals surface area contributed by atoms with Crippen molar-refractivity contribution in [1.82, 2.24) is 10.6 Å². The number of nitrogens with zero attached hydrogens (tertiary/aromatic N) is 1. The van der Waals surface area contributed by atoms with Gasteiger partial charge in [0.25, 0.3) is 5.69 Å². The Balaban J connectivity index is 1.94. The average Bonchev–Trinajstić information content (AvgIpc) is 2.59. The van der Waals surface area contributed by atoms with E-state index in [0.717, 1.165) is 12.1 Å². The highest BCUT2D eigenvalue weighted by atomic mass is 16.6. The molecular formula is C17H25N3O3. The Morgan fingerprint density at radius 1 is 1.26 bits per heavy atom. The highest BCUT2D eigenvalue weighted by Gasteiger charge is 2.20. The molecule has 2 N–H and O–H groups in total. The third-order valence-corrected chi connectivity index (χ3v) is 4.53. The molecule has 2 rings (SSSR count). The molecule has 1 fully saturated rings. The van der Waals surface area contributed by atoms with Gasteiger partial charge in [0.1, 0.15) is 0 Å². The minimum atomic E-state index is -0.415. The van der Waals surface area contributed by atoms with Crippen LogP contribution < -0.4 is 10.6 Å². The van der Waals surface area contributed by atoms with Gasteiger partial charge in [0.2, 0.25) is 5.91 Å². The van der Waals surface area contributed by atoms with Crippen molar-refractivity contribution in [2.45, 2.75) is 44.6 Å². The van der Waals surface area contributed by atoms with E-state index in [1.54, 1.807) is 19.2 Å². The number of nitro benzene ring substituents is 1. The molecule has 1 saturated carbocycles. The molecule has 0 bridgehead atoms. The van der Waals surface area contributed by atoms with E-state index < -0.39 is 4.92 Å². The first-order valence-corrected chi connectivity index (χ1v) is 8.28. The van der Waals surface area contributed by atoms with Crippen molar-refractivity contribution in [3.05, 3.63) is 39.9 Å². The van der Waals surface area contributed by atoms with Gasteiger partial charge in [-0.25, -0.2) is 0 Å². The minimum Gasteiger partial charge on any atom is -0.358 e. The molecular weight excluding hydrogens is 294 g/mol. The molecule has 1 atom stereocenters. The van der Waals surface area contributed by atoms with Crippen LogP contribution in [0.1, 0.15) is 37.7 Å². The number of nitrogens with one attached hydrogen (secondary N) is 2. The van der Waals surface area contributed by atoms with Crippen LogP contribution in [0, 0.1) is 16.0 Å². The molecule has 0 aromatic heterocycles. The number of carbonyl (C=O) groups excluding carboxylic acids is 1. The van der Waals surface area contributed by atoms with Gasteiger partial charge in [0.05, 0.1) is 11.0 Å². The molecule has 1 amide bonds. The maximum atomic E-state index is 12.1. The molecule has 6 nitrogen and oxygen atoms in total. The number of likely N-dealkylation sites (N-methyl/N-ethyl adjacent to an activating group) is 1. The molecule has 1 unspecified atom stereocenters. The quantitative estimate of drug-likeness (QED) is 0.597. The number of hydrogen-bond acceptors (Lipinski definition) is 4. The summed E-state index contributed by atoms with van der Waals surface area (Å²) in [7, 11) is 1.63. The number of nitro groups is 1. The van der Waals surface area contributed by atoms with E-state index in [0.29, 0.717) is 12.3 Å². The lowest BCUT2D eigenvalue weighted by Crippen LogP contribution is -2.46. The predicted molar refractivity (Wildman–Crippen MR) is 89.2 cm³/mol. The second-order valence-electron chi connectivity index (χ2n) is 6.21. The molecule has 126 valence electrons. The summed E-state index contributed by atoms with van der Waals surface area (Å²) in [6.07, 6.45) is 6.86. The maximum absolute atomic E-state index is 12.1. The highest BCUT2D eigenvalue weighted by molar-refractivity contribution is 5.81. The standard InChI is InChI=1S/C17H25N3O3/c1-18-17(21)16(19-12-14-5-3-2-4-6-14)11-13-7-9-15(10-8-13)20(22)23/h7-10,14,16,19H,2-6,11-12H2,1H3,(H,18,21). The summed E-state index contributed by atoms with van der Waals surface area (Å²) in [6, 6.07) is 6.10. The first kappa shape index (κ1) is 17.4. The Morgan fingerprint density at radius 2 is 1.91 bits per heavy atom. The van der Waals surface area contributed by atoms with Gasteiger partial charge in [-0.3, -0.25) is 14.9 Å². The van der Waals surface area contributed by atoms with Gasteiger partial charge in [-0.05, 0) is 37.3 Å². The Kier molecular flexibility index (Phi) is 6.52. The summed E-state index contributed by atoms with van der Waals surface area (Å²) >= 11 is 0. The lowest BCUT2D eigenvalue weighted by molar-refractivity contribution is -0.384. The van der Waals surface area contributed by atoms with E-state index in [2.05, 4.69) is 10.6 Å². The van der Waals surface area contributed by atoms with E-state index >= 15 is 0 Å². The lowest BCUT2D eigenvalue weighted by Gasteiger charge is -2.25. The molecule has 1 aromatic rings. The highest BCUT2D eigenvalue weighted by Crippen LogP contribution is 2.23. The smallest absolute Gasteiger partial charge is 0.269 e. The van der Waals surface area contributed by atoms with Crippen molar-refractivity contribution in [1.29, 1.82) is 0 Å². The Morgan fingerprint density at radius 3 is 2.48 bits per heavy atom. The summed E-state index contributed by atoms with van der Waals surface area (Å²) in [5.74, 6) is 0.604. The minimum absolute atomic E-state index is 0.0424. The second kappa shape index (κ2) is 8.62. The second-order valence-corrected chi connectivity index (χ2v) is 6.21. The van der Waals surface area contributed by atoms with Gasteiger partial charge in [-0.2, -0.15) is 0 Å². The van der Waals surface area contributed by atoms with E-state index in [9.17, 15) is 14.9 Å². The monoisotopic (exact) mass is 319 g/mol. The zero-order valence-electron chi connectivity index (χ0n) is 13.6. The molecule has 0 heterocycles. The van der Waals surface area contributed by atoms with Gasteiger partial charge >= 0.3 is 0 Å². The molecule has 0 aliphatic heterocycles. The number of amides is 1.